The molecule has 5 rings (SSSR count). The van der Waals surface area contributed by atoms with Crippen molar-refractivity contribution in [1.29, 1.82) is 0 Å². The van der Waals surface area contributed by atoms with Gasteiger partial charge in [0, 0.05) is 23.0 Å². The molecule has 2 aromatic heterocycles. The summed E-state index contributed by atoms with van der Waals surface area (Å²) in [6, 6.07) is 10.2. The Labute approximate surface area is 211 Å². The Balaban J connectivity index is 1.48. The van der Waals surface area contributed by atoms with Crippen LogP contribution in [0.25, 0.3) is 16.6 Å². The fourth-order valence-corrected chi connectivity index (χ4v) is 4.27. The highest BCUT2D eigenvalue weighted by Gasteiger charge is 2.23. The highest BCUT2D eigenvalue weighted by atomic mass is 35.5. The summed E-state index contributed by atoms with van der Waals surface area (Å²) in [4.78, 5) is 16.0. The summed E-state index contributed by atoms with van der Waals surface area (Å²) in [6.45, 7) is 0. The number of carbonyl (C=O) groups excluding carboxylic acids is 1. The number of anilines is 2. The largest absolute Gasteiger partial charge is 0.454 e. The van der Waals surface area contributed by atoms with Crippen LogP contribution in [-0.2, 0) is 0 Å². The second-order valence-electron chi connectivity index (χ2n) is 7.72. The number of ether oxygens (including phenoxy) is 1. The van der Waals surface area contributed by atoms with E-state index in [0.29, 0.717) is 10.9 Å². The van der Waals surface area contributed by atoms with Crippen LogP contribution in [0.4, 0.5) is 24.7 Å². The van der Waals surface area contributed by atoms with Crippen molar-refractivity contribution in [2.75, 3.05) is 11.5 Å². The normalized spacial score (nSPS) is 11.2. The van der Waals surface area contributed by atoms with Gasteiger partial charge in [0.05, 0.1) is 33.2 Å². The quantitative estimate of drug-likeness (QED) is 0.183. The first-order valence-corrected chi connectivity index (χ1v) is 11.0. The number of fused-ring (bicyclic) bond motifs is 1. The third kappa shape index (κ3) is 4.00. The molecule has 12 heteroatoms. The second-order valence-corrected chi connectivity index (χ2v) is 8.53. The molecule has 0 atom stereocenters. The molecule has 0 aliphatic carbocycles. The number of carbonyl (C=O) groups is 1. The highest BCUT2D eigenvalue weighted by Crippen LogP contribution is 2.37. The Morgan fingerprint density at radius 3 is 2.44 bits per heavy atom. The monoisotopic (exact) mass is 531 g/mol. The molecule has 0 aliphatic heterocycles. The van der Waals surface area contributed by atoms with E-state index in [-0.39, 0.29) is 50.0 Å². The molecule has 3 aromatic carbocycles. The number of nitrogen functional groups attached to an aromatic ring is 2. The average molecular weight is 532 g/mol. The number of benzene rings is 3. The molecule has 5 N–H and O–H groups in total. The Kier molecular flexibility index (Phi) is 5.77. The molecular formula is C24H14Cl2F3N5O2. The molecular weight excluding hydrogens is 518 g/mol. The van der Waals surface area contributed by atoms with Crippen LogP contribution in [0.5, 0.6) is 11.5 Å². The topological polar surface area (TPSA) is 112 Å². The zero-order chi connectivity index (χ0) is 25.7. The average Bonchev–Trinajstić information content (AvgIpc) is 3.40. The minimum absolute atomic E-state index is 0.0136. The van der Waals surface area contributed by atoms with Gasteiger partial charge in [0.1, 0.15) is 23.1 Å². The van der Waals surface area contributed by atoms with Crippen LogP contribution >= 0.6 is 23.2 Å². The SMILES string of the molecule is Nc1cc2[nH]c(C(=O)c3cnn(-c4c(Cl)cc(Oc5cccc(F)c5F)cc4Cl)c3N)cc2cc1F. The lowest BCUT2D eigenvalue weighted by Crippen LogP contribution is -2.08. The Hall–Kier alpha value is -4.15. The molecule has 5 aromatic rings. The predicted octanol–water partition coefficient (Wildman–Crippen LogP) is 6.27. The van der Waals surface area contributed by atoms with E-state index in [1.807, 2.05) is 0 Å². The Bertz CT molecular complexity index is 1620. The molecule has 0 bridgehead atoms. The first-order valence-electron chi connectivity index (χ1n) is 10.2. The standard InChI is InChI=1S/C24H14Cl2F3N5O2/c25-13-6-11(36-20-3-1-2-15(27)21(20)29)7-14(26)22(13)34-24(31)12(9-32-34)23(35)19-5-10-4-16(28)17(30)8-18(10)33-19/h1-9,33H,30-31H2. The van der Waals surface area contributed by atoms with Gasteiger partial charge in [-0.15, -0.1) is 0 Å². The van der Waals surface area contributed by atoms with Gasteiger partial charge in [-0.05, 0) is 30.3 Å². The number of ketones is 1. The molecule has 182 valence electrons. The number of aromatic amines is 1. The molecule has 0 saturated carbocycles. The fraction of sp³-hybridized carbons (Fsp3) is 0. The first kappa shape index (κ1) is 23.6. The lowest BCUT2D eigenvalue weighted by molar-refractivity contribution is 0.103. The maximum absolute atomic E-state index is 14.0. The van der Waals surface area contributed by atoms with Gasteiger partial charge in [-0.3, -0.25) is 4.79 Å². The van der Waals surface area contributed by atoms with Crippen molar-refractivity contribution >= 4 is 51.4 Å². The first-order chi connectivity index (χ1) is 17.1. The summed E-state index contributed by atoms with van der Waals surface area (Å²) in [6.07, 6.45) is 1.23. The van der Waals surface area contributed by atoms with Crippen LogP contribution in [0.15, 0.2) is 54.7 Å². The van der Waals surface area contributed by atoms with E-state index in [2.05, 4.69) is 10.1 Å². The summed E-state index contributed by atoms with van der Waals surface area (Å²) in [5, 5.41) is 4.61. The van der Waals surface area contributed by atoms with Crippen molar-refractivity contribution in [1.82, 2.24) is 14.8 Å². The van der Waals surface area contributed by atoms with Crippen LogP contribution in [0.1, 0.15) is 16.1 Å². The number of rotatable bonds is 5. The van der Waals surface area contributed by atoms with Crippen molar-refractivity contribution in [3.05, 3.63) is 93.5 Å². The molecule has 7 nitrogen and oxygen atoms in total. The molecule has 0 aliphatic rings. The summed E-state index contributed by atoms with van der Waals surface area (Å²) in [5.74, 6) is -3.77. The van der Waals surface area contributed by atoms with E-state index >= 15 is 0 Å². The molecule has 2 heterocycles. The molecule has 0 unspecified atom stereocenters. The minimum atomic E-state index is -1.17. The van der Waals surface area contributed by atoms with Gasteiger partial charge < -0.3 is 21.2 Å². The lowest BCUT2D eigenvalue weighted by atomic mass is 10.1. The lowest BCUT2D eigenvalue weighted by Gasteiger charge is -2.13. The third-order valence-electron chi connectivity index (χ3n) is 5.38. The number of halogens is 5. The number of hydrogen-bond donors (Lipinski definition) is 3. The van der Waals surface area contributed by atoms with Gasteiger partial charge in [0.25, 0.3) is 0 Å². The van der Waals surface area contributed by atoms with Gasteiger partial charge in [-0.25, -0.2) is 13.5 Å². The van der Waals surface area contributed by atoms with Crippen LogP contribution < -0.4 is 16.2 Å². The fourth-order valence-electron chi connectivity index (χ4n) is 3.64. The van der Waals surface area contributed by atoms with Crippen molar-refractivity contribution in [2.24, 2.45) is 0 Å². The molecule has 0 saturated heterocycles. The van der Waals surface area contributed by atoms with Gasteiger partial charge in [0.2, 0.25) is 11.6 Å². The maximum Gasteiger partial charge on any atom is 0.214 e. The Morgan fingerprint density at radius 1 is 1.00 bits per heavy atom. The van der Waals surface area contributed by atoms with Crippen LogP contribution in [0, 0.1) is 17.5 Å². The maximum atomic E-state index is 14.0. The molecule has 0 amide bonds. The van der Waals surface area contributed by atoms with Crippen LogP contribution in [-0.4, -0.2) is 20.5 Å². The predicted molar refractivity (Wildman–Crippen MR) is 131 cm³/mol. The Morgan fingerprint density at radius 2 is 1.72 bits per heavy atom. The third-order valence-corrected chi connectivity index (χ3v) is 5.96. The molecule has 0 radical (unpaired) electrons. The minimum Gasteiger partial charge on any atom is -0.454 e. The van der Waals surface area contributed by atoms with E-state index in [9.17, 15) is 18.0 Å². The molecule has 0 spiro atoms. The zero-order valence-corrected chi connectivity index (χ0v) is 19.5. The number of H-pyrrole nitrogens is 1. The summed E-state index contributed by atoms with van der Waals surface area (Å²) in [5.41, 5.74) is 12.5. The molecule has 36 heavy (non-hydrogen) atoms. The number of nitrogens with zero attached hydrogens (tertiary/aromatic N) is 2. The van der Waals surface area contributed by atoms with Gasteiger partial charge in [-0.1, -0.05) is 29.3 Å². The van der Waals surface area contributed by atoms with Crippen LogP contribution in [0.3, 0.4) is 0 Å². The summed E-state index contributed by atoms with van der Waals surface area (Å²) in [7, 11) is 0. The van der Waals surface area contributed by atoms with E-state index in [1.54, 1.807) is 0 Å². The van der Waals surface area contributed by atoms with Crippen LogP contribution in [0.2, 0.25) is 10.0 Å². The summed E-state index contributed by atoms with van der Waals surface area (Å²) >= 11 is 12.8. The highest BCUT2D eigenvalue weighted by molar-refractivity contribution is 6.38. The number of nitrogens with one attached hydrogen (secondary N) is 1. The second kappa shape index (κ2) is 8.81. The number of nitrogens with two attached hydrogens (primary N) is 2. The van der Waals surface area contributed by atoms with Gasteiger partial charge in [-0.2, -0.15) is 9.49 Å². The van der Waals surface area contributed by atoms with Gasteiger partial charge in [0.15, 0.2) is 11.6 Å². The number of aromatic nitrogens is 3. The van der Waals surface area contributed by atoms with Crippen molar-refractivity contribution < 1.29 is 22.7 Å². The van der Waals surface area contributed by atoms with Crippen molar-refractivity contribution in [3.63, 3.8) is 0 Å². The van der Waals surface area contributed by atoms with E-state index in [4.69, 9.17) is 39.4 Å². The van der Waals surface area contributed by atoms with Crippen molar-refractivity contribution in [2.45, 2.75) is 0 Å². The zero-order valence-electron chi connectivity index (χ0n) is 18.0. The van der Waals surface area contributed by atoms with Gasteiger partial charge >= 0.3 is 0 Å². The summed E-state index contributed by atoms with van der Waals surface area (Å²) < 4.78 is 47.7. The smallest absolute Gasteiger partial charge is 0.214 e. The van der Waals surface area contributed by atoms with E-state index in [1.165, 1.54) is 48.7 Å². The van der Waals surface area contributed by atoms with Crippen molar-refractivity contribution in [3.8, 4) is 17.2 Å². The van der Waals surface area contributed by atoms with E-state index in [0.717, 1.165) is 10.7 Å². The molecule has 0 fully saturated rings. The van der Waals surface area contributed by atoms with E-state index < -0.39 is 23.2 Å². The number of hydrogen-bond acceptors (Lipinski definition) is 5.